The zero-order valence-electron chi connectivity index (χ0n) is 13.4. The Morgan fingerprint density at radius 1 is 1.43 bits per heavy atom. The SMILES string of the molecule is C=CC(=O)N(C)CC(=O)NC(c1cc(C)sc1C)C(C)C. The number of carbonyl (C=O) groups is 2. The highest BCUT2D eigenvalue weighted by Gasteiger charge is 2.22. The summed E-state index contributed by atoms with van der Waals surface area (Å²) in [7, 11) is 1.59. The normalized spacial score (nSPS) is 12.1. The van der Waals surface area contributed by atoms with Crippen molar-refractivity contribution < 1.29 is 9.59 Å². The Labute approximate surface area is 130 Å². The molecule has 0 aliphatic carbocycles. The van der Waals surface area contributed by atoms with Crippen LogP contribution in [0.3, 0.4) is 0 Å². The van der Waals surface area contributed by atoms with Gasteiger partial charge in [-0.05, 0) is 37.5 Å². The van der Waals surface area contributed by atoms with Crippen LogP contribution in [0.5, 0.6) is 0 Å². The van der Waals surface area contributed by atoms with Crippen LogP contribution in [-0.4, -0.2) is 30.3 Å². The first kappa shape index (κ1) is 17.4. The minimum absolute atomic E-state index is 0.0327. The number of hydrogen-bond donors (Lipinski definition) is 1. The van der Waals surface area contributed by atoms with Crippen molar-refractivity contribution in [3.63, 3.8) is 0 Å². The van der Waals surface area contributed by atoms with Crippen LogP contribution in [0.1, 0.15) is 35.2 Å². The molecule has 21 heavy (non-hydrogen) atoms. The summed E-state index contributed by atoms with van der Waals surface area (Å²) in [5, 5.41) is 3.04. The number of likely N-dealkylation sites (N-methyl/N-ethyl adjacent to an activating group) is 1. The Balaban J connectivity index is 2.80. The number of nitrogens with zero attached hydrogens (tertiary/aromatic N) is 1. The summed E-state index contributed by atoms with van der Waals surface area (Å²) in [4.78, 5) is 27.4. The fourth-order valence-corrected chi connectivity index (χ4v) is 3.20. The van der Waals surface area contributed by atoms with E-state index in [-0.39, 0.29) is 30.3 Å². The van der Waals surface area contributed by atoms with Gasteiger partial charge in [0.05, 0.1) is 12.6 Å². The van der Waals surface area contributed by atoms with E-state index >= 15 is 0 Å². The molecule has 2 amide bonds. The maximum atomic E-state index is 12.1. The van der Waals surface area contributed by atoms with Gasteiger partial charge in [-0.15, -0.1) is 11.3 Å². The quantitative estimate of drug-likeness (QED) is 0.822. The second kappa shape index (κ2) is 7.41. The van der Waals surface area contributed by atoms with Crippen LogP contribution in [0.2, 0.25) is 0 Å². The van der Waals surface area contributed by atoms with Crippen molar-refractivity contribution in [3.8, 4) is 0 Å². The van der Waals surface area contributed by atoms with E-state index < -0.39 is 0 Å². The van der Waals surface area contributed by atoms with Crippen molar-refractivity contribution in [2.75, 3.05) is 13.6 Å². The smallest absolute Gasteiger partial charge is 0.246 e. The fraction of sp³-hybridized carbons (Fsp3) is 0.500. The van der Waals surface area contributed by atoms with E-state index in [1.807, 2.05) is 0 Å². The van der Waals surface area contributed by atoms with E-state index in [1.54, 1.807) is 18.4 Å². The Hall–Kier alpha value is -1.62. The molecule has 1 aromatic heterocycles. The molecular formula is C16H24N2O2S. The average Bonchev–Trinajstić information content (AvgIpc) is 2.73. The molecule has 1 unspecified atom stereocenters. The molecule has 116 valence electrons. The molecule has 0 bridgehead atoms. The lowest BCUT2D eigenvalue weighted by molar-refractivity contribution is -0.131. The maximum absolute atomic E-state index is 12.1. The van der Waals surface area contributed by atoms with Gasteiger partial charge in [-0.1, -0.05) is 20.4 Å². The van der Waals surface area contributed by atoms with Gasteiger partial charge in [-0.3, -0.25) is 9.59 Å². The summed E-state index contributed by atoms with van der Waals surface area (Å²) in [5.41, 5.74) is 1.17. The third-order valence-corrected chi connectivity index (χ3v) is 4.31. The van der Waals surface area contributed by atoms with Crippen LogP contribution in [0.25, 0.3) is 0 Å². The molecule has 1 heterocycles. The van der Waals surface area contributed by atoms with Crippen LogP contribution < -0.4 is 5.32 Å². The zero-order valence-corrected chi connectivity index (χ0v) is 14.2. The Morgan fingerprint density at radius 3 is 2.48 bits per heavy atom. The van der Waals surface area contributed by atoms with E-state index in [0.717, 1.165) is 0 Å². The van der Waals surface area contributed by atoms with Crippen LogP contribution in [0.4, 0.5) is 0 Å². The van der Waals surface area contributed by atoms with Gasteiger partial charge >= 0.3 is 0 Å². The summed E-state index contributed by atoms with van der Waals surface area (Å²) in [5.74, 6) is -0.134. The summed E-state index contributed by atoms with van der Waals surface area (Å²) < 4.78 is 0. The molecule has 0 aromatic carbocycles. The summed E-state index contributed by atoms with van der Waals surface area (Å²) in [6.07, 6.45) is 1.21. The van der Waals surface area contributed by atoms with Gasteiger partial charge in [0.15, 0.2) is 0 Å². The predicted molar refractivity (Wildman–Crippen MR) is 87.3 cm³/mol. The molecule has 1 aromatic rings. The van der Waals surface area contributed by atoms with Crippen molar-refractivity contribution in [1.29, 1.82) is 0 Å². The van der Waals surface area contributed by atoms with Gasteiger partial charge in [0, 0.05) is 16.8 Å². The number of thiophene rings is 1. The third kappa shape index (κ3) is 4.70. The van der Waals surface area contributed by atoms with Gasteiger partial charge in [-0.2, -0.15) is 0 Å². The maximum Gasteiger partial charge on any atom is 0.246 e. The molecule has 1 atom stereocenters. The van der Waals surface area contributed by atoms with E-state index in [4.69, 9.17) is 0 Å². The lowest BCUT2D eigenvalue weighted by Crippen LogP contribution is -2.40. The van der Waals surface area contributed by atoms with Crippen LogP contribution in [0, 0.1) is 19.8 Å². The van der Waals surface area contributed by atoms with E-state index in [2.05, 4.69) is 45.7 Å². The second-order valence-electron chi connectivity index (χ2n) is 5.56. The van der Waals surface area contributed by atoms with Gasteiger partial charge in [0.2, 0.25) is 11.8 Å². The van der Waals surface area contributed by atoms with E-state index in [0.29, 0.717) is 0 Å². The van der Waals surface area contributed by atoms with Crippen molar-refractivity contribution in [1.82, 2.24) is 10.2 Å². The number of carbonyl (C=O) groups excluding carboxylic acids is 2. The molecule has 1 N–H and O–H groups in total. The number of rotatable bonds is 6. The monoisotopic (exact) mass is 308 g/mol. The topological polar surface area (TPSA) is 49.4 Å². The minimum atomic E-state index is -0.256. The lowest BCUT2D eigenvalue weighted by atomic mass is 9.96. The molecule has 4 nitrogen and oxygen atoms in total. The molecular weight excluding hydrogens is 284 g/mol. The van der Waals surface area contributed by atoms with Gasteiger partial charge in [0.25, 0.3) is 0 Å². The van der Waals surface area contributed by atoms with Gasteiger partial charge in [0.1, 0.15) is 0 Å². The largest absolute Gasteiger partial charge is 0.347 e. The number of aryl methyl sites for hydroxylation is 2. The van der Waals surface area contributed by atoms with Crippen molar-refractivity contribution in [2.24, 2.45) is 5.92 Å². The number of hydrogen-bond acceptors (Lipinski definition) is 3. The first-order valence-electron chi connectivity index (χ1n) is 7.00. The summed E-state index contributed by atoms with van der Waals surface area (Å²) in [6.45, 7) is 11.8. The zero-order chi connectivity index (χ0) is 16.2. The van der Waals surface area contributed by atoms with E-state index in [9.17, 15) is 9.59 Å². The standard InChI is InChI=1S/C16H24N2O2S/c1-7-15(20)18(6)9-14(19)17-16(10(2)3)13-8-11(4)21-12(13)5/h7-8,10,16H,1,9H2,2-6H3,(H,17,19). The number of amides is 2. The Morgan fingerprint density at radius 2 is 2.05 bits per heavy atom. The summed E-state index contributed by atoms with van der Waals surface area (Å²) >= 11 is 1.74. The average molecular weight is 308 g/mol. The molecule has 0 spiro atoms. The molecule has 0 saturated carbocycles. The Bertz CT molecular complexity index is 534. The van der Waals surface area contributed by atoms with Crippen LogP contribution >= 0.6 is 11.3 Å². The highest BCUT2D eigenvalue weighted by molar-refractivity contribution is 7.12. The van der Waals surface area contributed by atoms with Gasteiger partial charge in [-0.25, -0.2) is 0 Å². The highest BCUT2D eigenvalue weighted by atomic mass is 32.1. The van der Waals surface area contributed by atoms with E-state index in [1.165, 1.54) is 26.3 Å². The predicted octanol–water partition coefficient (Wildman–Crippen LogP) is 2.82. The van der Waals surface area contributed by atoms with Crippen LogP contribution in [0.15, 0.2) is 18.7 Å². The molecule has 0 radical (unpaired) electrons. The minimum Gasteiger partial charge on any atom is -0.347 e. The second-order valence-corrected chi connectivity index (χ2v) is 7.02. The van der Waals surface area contributed by atoms with Gasteiger partial charge < -0.3 is 10.2 Å². The number of nitrogens with one attached hydrogen (secondary N) is 1. The lowest BCUT2D eigenvalue weighted by Gasteiger charge is -2.24. The van der Waals surface area contributed by atoms with Crippen molar-refractivity contribution in [2.45, 2.75) is 33.7 Å². The van der Waals surface area contributed by atoms with Crippen LogP contribution in [-0.2, 0) is 9.59 Å². The Kier molecular flexibility index (Phi) is 6.15. The van der Waals surface area contributed by atoms with Crippen molar-refractivity contribution in [3.05, 3.63) is 34.0 Å². The third-order valence-electron chi connectivity index (χ3n) is 3.33. The molecule has 0 aliphatic heterocycles. The molecule has 0 saturated heterocycles. The molecule has 0 aliphatic rings. The van der Waals surface area contributed by atoms with Crippen molar-refractivity contribution >= 4 is 23.2 Å². The fourth-order valence-electron chi connectivity index (χ4n) is 2.23. The first-order valence-corrected chi connectivity index (χ1v) is 7.81. The first-order chi connectivity index (χ1) is 9.76. The molecule has 0 fully saturated rings. The highest BCUT2D eigenvalue weighted by Crippen LogP contribution is 2.30. The molecule has 1 rings (SSSR count). The molecule has 5 heteroatoms. The summed E-state index contributed by atoms with van der Waals surface area (Å²) in [6, 6.07) is 2.10.